The van der Waals surface area contributed by atoms with Crippen LogP contribution in [0.1, 0.15) is 74.0 Å². The van der Waals surface area contributed by atoms with Crippen molar-refractivity contribution in [1.29, 1.82) is 0 Å². The minimum Gasteiger partial charge on any atom is -0.298 e. The predicted octanol–water partition coefficient (Wildman–Crippen LogP) is 3.36. The van der Waals surface area contributed by atoms with E-state index in [1.165, 1.54) is 62.6 Å². The average molecular weight is 381 g/mol. The maximum absolute atomic E-state index is 4.60. The number of hydrogen-bond donors (Lipinski definition) is 0. The molecule has 5 rings (SSSR count). The molecule has 1 aromatic carbocycles. The van der Waals surface area contributed by atoms with Gasteiger partial charge in [0.1, 0.15) is 0 Å². The molecule has 0 spiro atoms. The van der Waals surface area contributed by atoms with Crippen molar-refractivity contribution in [3.05, 3.63) is 41.2 Å². The second kappa shape index (κ2) is 7.91. The Kier molecular flexibility index (Phi) is 5.16. The van der Waals surface area contributed by atoms with Crippen LogP contribution in [0, 0.1) is 6.92 Å². The highest BCUT2D eigenvalue weighted by Gasteiger charge is 2.37. The summed E-state index contributed by atoms with van der Waals surface area (Å²) in [6.07, 6.45) is 9.00. The smallest absolute Gasteiger partial charge is 0.173 e. The summed E-state index contributed by atoms with van der Waals surface area (Å²) in [5.74, 6) is 1.04. The molecule has 0 N–H and O–H groups in total. The van der Waals surface area contributed by atoms with Crippen LogP contribution < -0.4 is 0 Å². The molecule has 2 atom stereocenters. The highest BCUT2D eigenvalue weighted by atomic mass is 15.6. The van der Waals surface area contributed by atoms with Crippen LogP contribution in [0.4, 0.5) is 0 Å². The van der Waals surface area contributed by atoms with E-state index in [-0.39, 0.29) is 6.04 Å². The highest BCUT2D eigenvalue weighted by molar-refractivity contribution is 5.28. The fraction of sp³-hybridized carbons (Fsp3) is 0.682. The standard InChI is InChI=1S/C22H32N6/c1-17-9-11-18(12-10-17)21(27-15-14-26-13-5-8-20(26)16-27)22-23-24-25-28(22)19-6-3-2-4-7-19/h9-12,19-21H,2-8,13-16H2,1H3/t20-,21-/m1/s1. The molecule has 6 heteroatoms. The van der Waals surface area contributed by atoms with Crippen molar-refractivity contribution in [2.75, 3.05) is 26.2 Å². The van der Waals surface area contributed by atoms with Crippen molar-refractivity contribution >= 4 is 0 Å². The zero-order valence-electron chi connectivity index (χ0n) is 17.0. The second-order valence-electron chi connectivity index (χ2n) is 8.91. The van der Waals surface area contributed by atoms with Gasteiger partial charge < -0.3 is 0 Å². The van der Waals surface area contributed by atoms with E-state index >= 15 is 0 Å². The van der Waals surface area contributed by atoms with Gasteiger partial charge in [0.15, 0.2) is 5.82 Å². The van der Waals surface area contributed by atoms with Gasteiger partial charge in [-0.25, -0.2) is 4.68 Å². The van der Waals surface area contributed by atoms with Gasteiger partial charge in [0.25, 0.3) is 0 Å². The monoisotopic (exact) mass is 380 g/mol. The molecule has 1 aliphatic carbocycles. The number of benzene rings is 1. The van der Waals surface area contributed by atoms with Crippen LogP contribution in [-0.2, 0) is 0 Å². The fourth-order valence-corrected chi connectivity index (χ4v) is 5.49. The Morgan fingerprint density at radius 3 is 2.50 bits per heavy atom. The molecule has 150 valence electrons. The van der Waals surface area contributed by atoms with Gasteiger partial charge in [0.2, 0.25) is 0 Å². The fourth-order valence-electron chi connectivity index (χ4n) is 5.49. The Labute approximate surface area is 167 Å². The van der Waals surface area contributed by atoms with E-state index in [4.69, 9.17) is 0 Å². The van der Waals surface area contributed by atoms with Gasteiger partial charge in [0, 0.05) is 25.7 Å². The lowest BCUT2D eigenvalue weighted by Crippen LogP contribution is -2.51. The summed E-state index contributed by atoms with van der Waals surface area (Å²) in [5, 5.41) is 13.2. The Hall–Kier alpha value is -1.79. The maximum atomic E-state index is 4.60. The van der Waals surface area contributed by atoms with Gasteiger partial charge in [-0.05, 0) is 55.1 Å². The van der Waals surface area contributed by atoms with Crippen LogP contribution >= 0.6 is 0 Å². The van der Waals surface area contributed by atoms with Gasteiger partial charge in [-0.3, -0.25) is 9.80 Å². The van der Waals surface area contributed by atoms with Crippen LogP contribution in [0.15, 0.2) is 24.3 Å². The first kappa shape index (κ1) is 18.3. The van der Waals surface area contributed by atoms with E-state index in [2.05, 4.69) is 61.2 Å². The zero-order chi connectivity index (χ0) is 18.9. The summed E-state index contributed by atoms with van der Waals surface area (Å²) in [6, 6.07) is 10.3. The minimum atomic E-state index is 0.153. The van der Waals surface area contributed by atoms with E-state index in [0.717, 1.165) is 25.5 Å². The highest BCUT2D eigenvalue weighted by Crippen LogP contribution is 2.35. The Bertz CT molecular complexity index is 779. The van der Waals surface area contributed by atoms with Gasteiger partial charge in [-0.15, -0.1) is 5.10 Å². The largest absolute Gasteiger partial charge is 0.298 e. The Balaban J connectivity index is 1.50. The van der Waals surface area contributed by atoms with E-state index in [1.54, 1.807) is 0 Å². The van der Waals surface area contributed by atoms with Crippen LogP contribution in [0.2, 0.25) is 0 Å². The minimum absolute atomic E-state index is 0.153. The van der Waals surface area contributed by atoms with Crippen molar-refractivity contribution in [1.82, 2.24) is 30.0 Å². The molecule has 2 aromatic rings. The Morgan fingerprint density at radius 1 is 0.893 bits per heavy atom. The van der Waals surface area contributed by atoms with E-state index in [9.17, 15) is 0 Å². The van der Waals surface area contributed by atoms with Crippen LogP contribution in [-0.4, -0.2) is 62.2 Å². The number of rotatable bonds is 4. The number of nitrogens with zero attached hydrogens (tertiary/aromatic N) is 6. The van der Waals surface area contributed by atoms with E-state index in [1.807, 2.05) is 0 Å². The normalized spacial score (nSPS) is 25.7. The first-order chi connectivity index (χ1) is 13.8. The van der Waals surface area contributed by atoms with Gasteiger partial charge in [0.05, 0.1) is 12.1 Å². The van der Waals surface area contributed by atoms with Crippen molar-refractivity contribution in [2.24, 2.45) is 0 Å². The first-order valence-corrected chi connectivity index (χ1v) is 11.1. The number of fused-ring (bicyclic) bond motifs is 1. The lowest BCUT2D eigenvalue weighted by Gasteiger charge is -2.41. The molecule has 0 unspecified atom stereocenters. The number of tetrazole rings is 1. The summed E-state index contributed by atoms with van der Waals surface area (Å²) < 4.78 is 2.17. The summed E-state index contributed by atoms with van der Waals surface area (Å²) in [5.41, 5.74) is 2.62. The summed E-state index contributed by atoms with van der Waals surface area (Å²) >= 11 is 0. The van der Waals surface area contributed by atoms with Gasteiger partial charge >= 0.3 is 0 Å². The molecule has 6 nitrogen and oxygen atoms in total. The third-order valence-corrected chi connectivity index (χ3v) is 7.06. The maximum Gasteiger partial charge on any atom is 0.173 e. The van der Waals surface area contributed by atoms with Crippen molar-refractivity contribution in [3.8, 4) is 0 Å². The number of piperazine rings is 1. The second-order valence-corrected chi connectivity index (χ2v) is 8.91. The SMILES string of the molecule is Cc1ccc([C@H](c2nnnn2C2CCCCC2)N2CCN3CCC[C@@H]3C2)cc1. The molecular weight excluding hydrogens is 348 g/mol. The summed E-state index contributed by atoms with van der Waals surface area (Å²) in [6.45, 7) is 6.80. The molecule has 3 fully saturated rings. The number of aryl methyl sites for hydroxylation is 1. The molecule has 1 saturated carbocycles. The van der Waals surface area contributed by atoms with E-state index < -0.39 is 0 Å². The average Bonchev–Trinajstić information content (AvgIpc) is 3.40. The van der Waals surface area contributed by atoms with Crippen LogP contribution in [0.3, 0.4) is 0 Å². The molecule has 2 aliphatic heterocycles. The van der Waals surface area contributed by atoms with Crippen LogP contribution in [0.5, 0.6) is 0 Å². The molecule has 3 aliphatic rings. The third-order valence-electron chi connectivity index (χ3n) is 7.06. The van der Waals surface area contributed by atoms with Crippen molar-refractivity contribution in [3.63, 3.8) is 0 Å². The zero-order valence-corrected chi connectivity index (χ0v) is 17.0. The van der Waals surface area contributed by atoms with Crippen LogP contribution in [0.25, 0.3) is 0 Å². The lowest BCUT2D eigenvalue weighted by atomic mass is 9.94. The molecule has 28 heavy (non-hydrogen) atoms. The topological polar surface area (TPSA) is 50.1 Å². The third kappa shape index (κ3) is 3.48. The number of hydrogen-bond acceptors (Lipinski definition) is 5. The molecule has 3 heterocycles. The molecule has 0 radical (unpaired) electrons. The summed E-state index contributed by atoms with van der Waals surface area (Å²) in [4.78, 5) is 5.31. The quantitative estimate of drug-likeness (QED) is 0.814. The van der Waals surface area contributed by atoms with Crippen molar-refractivity contribution < 1.29 is 0 Å². The van der Waals surface area contributed by atoms with Gasteiger partial charge in [-0.2, -0.15) is 0 Å². The molecule has 2 saturated heterocycles. The van der Waals surface area contributed by atoms with Crippen molar-refractivity contribution in [2.45, 2.75) is 70.0 Å². The molecule has 0 bridgehead atoms. The summed E-state index contributed by atoms with van der Waals surface area (Å²) in [7, 11) is 0. The Morgan fingerprint density at radius 2 is 1.68 bits per heavy atom. The first-order valence-electron chi connectivity index (χ1n) is 11.1. The number of aromatic nitrogens is 4. The molecular formula is C22H32N6. The lowest BCUT2D eigenvalue weighted by molar-refractivity contribution is 0.0781. The molecule has 0 amide bonds. The van der Waals surface area contributed by atoms with Gasteiger partial charge in [-0.1, -0.05) is 49.1 Å². The predicted molar refractivity (Wildman–Crippen MR) is 109 cm³/mol. The molecule has 1 aromatic heterocycles. The van der Waals surface area contributed by atoms with E-state index in [0.29, 0.717) is 12.1 Å².